The van der Waals surface area contributed by atoms with E-state index in [-0.39, 0.29) is 36.4 Å². The van der Waals surface area contributed by atoms with Crippen molar-refractivity contribution in [3.63, 3.8) is 0 Å². The van der Waals surface area contributed by atoms with Gasteiger partial charge in [-0.15, -0.1) is 0 Å². The lowest BCUT2D eigenvalue weighted by molar-refractivity contribution is -0.164. The van der Waals surface area contributed by atoms with E-state index in [1.807, 2.05) is 43.1 Å². The van der Waals surface area contributed by atoms with E-state index in [1.165, 1.54) is 4.90 Å². The molecule has 0 aliphatic carbocycles. The Bertz CT molecular complexity index is 1010. The van der Waals surface area contributed by atoms with E-state index in [2.05, 4.69) is 34.6 Å². The molecule has 4 rings (SSSR count). The number of rotatable bonds is 5. The third kappa shape index (κ3) is 4.44. The van der Waals surface area contributed by atoms with E-state index in [9.17, 15) is 19.5 Å². The molecule has 1 spiro atoms. The molecule has 0 radical (unpaired) electrons. The summed E-state index contributed by atoms with van der Waals surface area (Å²) in [5.74, 6) is -2.99. The van der Waals surface area contributed by atoms with Crippen LogP contribution >= 0.6 is 0 Å². The largest absolute Gasteiger partial charge is 0.465 e. The topological polar surface area (TPSA) is 96.4 Å². The summed E-state index contributed by atoms with van der Waals surface area (Å²) in [6.07, 6.45) is 8.84. The van der Waals surface area contributed by atoms with Crippen LogP contribution in [-0.2, 0) is 23.9 Å². The third-order valence-corrected chi connectivity index (χ3v) is 8.47. The Balaban J connectivity index is 1.90. The monoisotopic (exact) mass is 516 g/mol. The molecule has 0 bridgehead atoms. The zero-order chi connectivity index (χ0) is 27.6. The molecule has 8 nitrogen and oxygen atoms in total. The van der Waals surface area contributed by atoms with Gasteiger partial charge in [0.2, 0.25) is 11.8 Å². The second-order valence-electron chi connectivity index (χ2n) is 13.5. The quantitative estimate of drug-likeness (QED) is 0.446. The Morgan fingerprint density at radius 3 is 2.32 bits per heavy atom. The highest BCUT2D eigenvalue weighted by Gasteiger charge is 2.75. The molecular weight excluding hydrogens is 472 g/mol. The maximum atomic E-state index is 14.6. The fraction of sp³-hybridized carbons (Fsp3) is 0.759. The molecule has 6 atom stereocenters. The normalized spacial score (nSPS) is 35.1. The van der Waals surface area contributed by atoms with Crippen molar-refractivity contribution in [3.05, 3.63) is 24.3 Å². The van der Waals surface area contributed by atoms with Gasteiger partial charge in [-0.1, -0.05) is 58.9 Å². The first-order chi connectivity index (χ1) is 17.1. The van der Waals surface area contributed by atoms with Crippen LogP contribution in [0.5, 0.6) is 0 Å². The standard InChI is InChI=1S/C29H44N2O6/c1-18(2)19(16-32)31-22-24(34)30(27(6,7)17-26(3,4)5)14-11-13-29(22)20(23(31)33)21-25(35)36-15-10-9-12-28(21,8)37-29/h9,11-13,18-22,32H,10,14-17H2,1-8H3/t19-,20-,21+,22?,28-,29-/m0/s1. The molecule has 0 saturated carbocycles. The summed E-state index contributed by atoms with van der Waals surface area (Å²) in [5, 5.41) is 10.4. The summed E-state index contributed by atoms with van der Waals surface area (Å²) >= 11 is 0. The zero-order valence-electron chi connectivity index (χ0n) is 23.6. The van der Waals surface area contributed by atoms with Gasteiger partial charge in [-0.25, -0.2) is 0 Å². The van der Waals surface area contributed by atoms with Crippen molar-refractivity contribution in [1.29, 1.82) is 0 Å². The molecule has 8 heteroatoms. The molecule has 206 valence electrons. The molecule has 37 heavy (non-hydrogen) atoms. The fourth-order valence-corrected chi connectivity index (χ4v) is 7.34. The van der Waals surface area contributed by atoms with Crippen LogP contribution in [0.15, 0.2) is 24.3 Å². The first kappa shape index (κ1) is 27.8. The number of carbonyl (C=O) groups is 3. The number of hydrogen-bond acceptors (Lipinski definition) is 6. The number of fused-ring (bicyclic) bond motifs is 2. The molecule has 4 aliphatic rings. The molecule has 0 aromatic heterocycles. The van der Waals surface area contributed by atoms with Crippen molar-refractivity contribution in [3.8, 4) is 0 Å². The van der Waals surface area contributed by atoms with Gasteiger partial charge in [-0.05, 0) is 44.9 Å². The summed E-state index contributed by atoms with van der Waals surface area (Å²) in [6.45, 7) is 16.5. The number of aliphatic hydroxyl groups is 1. The molecule has 0 aromatic carbocycles. The predicted octanol–water partition coefficient (Wildman–Crippen LogP) is 3.09. The molecule has 2 fully saturated rings. The van der Waals surface area contributed by atoms with Crippen LogP contribution in [0.1, 0.15) is 68.2 Å². The second kappa shape index (κ2) is 9.23. The van der Waals surface area contributed by atoms with E-state index in [4.69, 9.17) is 9.47 Å². The minimum absolute atomic E-state index is 0.0336. The summed E-state index contributed by atoms with van der Waals surface area (Å²) in [6, 6.07) is -1.60. The first-order valence-electron chi connectivity index (χ1n) is 13.6. The highest BCUT2D eigenvalue weighted by molar-refractivity contribution is 5.99. The molecule has 2 saturated heterocycles. The number of hydrogen-bond donors (Lipinski definition) is 1. The van der Waals surface area contributed by atoms with E-state index in [1.54, 1.807) is 6.92 Å². The van der Waals surface area contributed by atoms with Gasteiger partial charge in [0, 0.05) is 12.1 Å². The van der Waals surface area contributed by atoms with Crippen LogP contribution in [0.25, 0.3) is 0 Å². The van der Waals surface area contributed by atoms with Gasteiger partial charge in [-0.2, -0.15) is 0 Å². The van der Waals surface area contributed by atoms with E-state index >= 15 is 0 Å². The van der Waals surface area contributed by atoms with Crippen molar-refractivity contribution in [2.45, 2.75) is 97.1 Å². The van der Waals surface area contributed by atoms with E-state index in [0.717, 1.165) is 6.42 Å². The highest BCUT2D eigenvalue weighted by atomic mass is 16.6. The summed E-state index contributed by atoms with van der Waals surface area (Å²) < 4.78 is 12.3. The Hall–Kier alpha value is -2.19. The minimum atomic E-state index is -1.35. The summed E-state index contributed by atoms with van der Waals surface area (Å²) in [5.41, 5.74) is -2.99. The molecule has 4 heterocycles. The van der Waals surface area contributed by atoms with Crippen LogP contribution in [-0.4, -0.2) is 81.3 Å². The SMILES string of the molecule is CC(C)[C@H](CO)N1C(=O)[C@@H]2[C@@H]3C(=O)OCCC=C[C@]3(C)O[C@@]23C=CCN(C(C)(C)CC(C)(C)C)C(=O)C13. The molecule has 0 aromatic rings. The van der Waals surface area contributed by atoms with Gasteiger partial charge in [0.15, 0.2) is 0 Å². The maximum absolute atomic E-state index is 14.6. The van der Waals surface area contributed by atoms with Gasteiger partial charge in [-0.3, -0.25) is 14.4 Å². The van der Waals surface area contributed by atoms with E-state index < -0.39 is 46.6 Å². The fourth-order valence-electron chi connectivity index (χ4n) is 7.34. The molecule has 4 aliphatic heterocycles. The molecule has 2 amide bonds. The smallest absolute Gasteiger partial charge is 0.313 e. The second-order valence-corrected chi connectivity index (χ2v) is 13.5. The number of carbonyl (C=O) groups excluding carboxylic acids is 3. The van der Waals surface area contributed by atoms with Crippen molar-refractivity contribution in [2.24, 2.45) is 23.2 Å². The van der Waals surface area contributed by atoms with Crippen molar-refractivity contribution >= 4 is 17.8 Å². The van der Waals surface area contributed by atoms with Gasteiger partial charge >= 0.3 is 5.97 Å². The lowest BCUT2D eigenvalue weighted by Crippen LogP contribution is -2.62. The number of cyclic esters (lactones) is 1. The van der Waals surface area contributed by atoms with E-state index in [0.29, 0.717) is 13.0 Å². The average Bonchev–Trinajstić information content (AvgIpc) is 3.06. The Kier molecular flexibility index (Phi) is 6.94. The molecular formula is C29H44N2O6. The summed E-state index contributed by atoms with van der Waals surface area (Å²) in [4.78, 5) is 45.7. The zero-order valence-corrected chi connectivity index (χ0v) is 23.6. The lowest BCUT2D eigenvalue weighted by Gasteiger charge is -2.46. The Morgan fingerprint density at radius 2 is 1.73 bits per heavy atom. The van der Waals surface area contributed by atoms with Gasteiger partial charge in [0.05, 0.1) is 30.8 Å². The van der Waals surface area contributed by atoms with Crippen molar-refractivity contribution in [1.82, 2.24) is 9.80 Å². The number of amides is 2. The Labute approximate surface area is 221 Å². The van der Waals surface area contributed by atoms with Crippen LogP contribution in [0.4, 0.5) is 0 Å². The number of likely N-dealkylation sites (tertiary alicyclic amines) is 1. The Morgan fingerprint density at radius 1 is 1.05 bits per heavy atom. The predicted molar refractivity (Wildman–Crippen MR) is 139 cm³/mol. The molecule has 1 N–H and O–H groups in total. The van der Waals surface area contributed by atoms with Gasteiger partial charge in [0.25, 0.3) is 0 Å². The van der Waals surface area contributed by atoms with Crippen LogP contribution < -0.4 is 0 Å². The minimum Gasteiger partial charge on any atom is -0.465 e. The maximum Gasteiger partial charge on any atom is 0.313 e. The summed E-state index contributed by atoms with van der Waals surface area (Å²) in [7, 11) is 0. The van der Waals surface area contributed by atoms with Crippen LogP contribution in [0.2, 0.25) is 0 Å². The van der Waals surface area contributed by atoms with Crippen molar-refractivity contribution < 1.29 is 29.0 Å². The third-order valence-electron chi connectivity index (χ3n) is 8.47. The number of esters is 1. The van der Waals surface area contributed by atoms with Gasteiger partial charge < -0.3 is 24.4 Å². The number of nitrogens with zero attached hydrogens (tertiary/aromatic N) is 2. The van der Waals surface area contributed by atoms with Gasteiger partial charge in [0.1, 0.15) is 17.6 Å². The van der Waals surface area contributed by atoms with Crippen LogP contribution in [0, 0.1) is 23.2 Å². The first-order valence-corrected chi connectivity index (χ1v) is 13.6. The highest BCUT2D eigenvalue weighted by Crippen LogP contribution is 2.58. The number of aliphatic hydroxyl groups excluding tert-OH is 1. The number of ether oxygens (including phenoxy) is 2. The molecule has 1 unspecified atom stereocenters. The van der Waals surface area contributed by atoms with Crippen LogP contribution in [0.3, 0.4) is 0 Å². The van der Waals surface area contributed by atoms with Crippen molar-refractivity contribution in [2.75, 3.05) is 19.8 Å². The lowest BCUT2D eigenvalue weighted by atomic mass is 9.74. The average molecular weight is 517 g/mol.